The number of ether oxygens (including phenoxy) is 2. The number of nitrogens with zero attached hydrogens (tertiary/aromatic N) is 4. The Morgan fingerprint density at radius 1 is 1.33 bits per heavy atom. The second-order valence-corrected chi connectivity index (χ2v) is 6.90. The van der Waals surface area contributed by atoms with E-state index >= 15 is 0 Å². The molecule has 3 heterocycles. The lowest BCUT2D eigenvalue weighted by Crippen LogP contribution is -2.26. The Morgan fingerprint density at radius 3 is 2.93 bits per heavy atom. The predicted octanol–water partition coefficient (Wildman–Crippen LogP) is 3.17. The van der Waals surface area contributed by atoms with E-state index in [9.17, 15) is 9.59 Å². The van der Waals surface area contributed by atoms with Gasteiger partial charge in [0.2, 0.25) is 5.88 Å². The molecule has 0 radical (unpaired) electrons. The maximum absolute atomic E-state index is 12.5. The Kier molecular flexibility index (Phi) is 5.23. The molecular weight excluding hydrogens is 412 g/mol. The first-order chi connectivity index (χ1) is 14.4. The van der Waals surface area contributed by atoms with E-state index in [0.717, 1.165) is 0 Å². The normalized spacial score (nSPS) is 13.6. The van der Waals surface area contributed by atoms with Gasteiger partial charge in [-0.15, -0.1) is 5.10 Å². The summed E-state index contributed by atoms with van der Waals surface area (Å²) in [6, 6.07) is 10.4. The van der Waals surface area contributed by atoms with Gasteiger partial charge in [0.25, 0.3) is 5.91 Å². The van der Waals surface area contributed by atoms with Crippen molar-refractivity contribution in [1.29, 1.82) is 0 Å². The number of amides is 2. The molecule has 1 atom stereocenters. The fraction of sp³-hybridized carbons (Fsp3) is 0.211. The molecular formula is C19H17ClN6O4. The van der Waals surface area contributed by atoms with Crippen LogP contribution in [0, 0.1) is 0 Å². The van der Waals surface area contributed by atoms with Crippen molar-refractivity contribution < 1.29 is 19.1 Å². The first-order valence-corrected chi connectivity index (χ1v) is 9.36. The molecule has 10 nitrogen and oxygen atoms in total. The number of pyridine rings is 1. The van der Waals surface area contributed by atoms with Crippen molar-refractivity contribution in [1.82, 2.24) is 20.0 Å². The fourth-order valence-electron chi connectivity index (χ4n) is 2.92. The van der Waals surface area contributed by atoms with Crippen molar-refractivity contribution in [2.75, 3.05) is 17.2 Å². The molecule has 154 valence electrons. The van der Waals surface area contributed by atoms with E-state index in [1.807, 2.05) is 6.07 Å². The van der Waals surface area contributed by atoms with Crippen LogP contribution in [0.4, 0.5) is 16.3 Å². The third-order valence-electron chi connectivity index (χ3n) is 4.39. The molecule has 3 aromatic rings. The number of aryl methyl sites for hydroxylation is 1. The fourth-order valence-corrected chi connectivity index (χ4v) is 3.21. The molecule has 1 aliphatic rings. The molecule has 0 spiro atoms. The molecule has 11 heteroatoms. The summed E-state index contributed by atoms with van der Waals surface area (Å²) in [7, 11) is 1.62. The number of carbonyl (C=O) groups is 2. The highest BCUT2D eigenvalue weighted by atomic mass is 35.5. The molecule has 2 amide bonds. The molecule has 1 aromatic carbocycles. The SMILES string of the molecule is C[C@@H](OC(=O)Nc1c(-c2ccc3c(n2)OCC(=O)N3)nnn1C)c1ccccc1Cl. The van der Waals surface area contributed by atoms with Crippen LogP contribution in [0.1, 0.15) is 18.6 Å². The van der Waals surface area contributed by atoms with Crippen LogP contribution in [-0.4, -0.2) is 38.6 Å². The second-order valence-electron chi connectivity index (χ2n) is 6.49. The first-order valence-electron chi connectivity index (χ1n) is 8.98. The third-order valence-corrected chi connectivity index (χ3v) is 4.74. The second kappa shape index (κ2) is 7.99. The summed E-state index contributed by atoms with van der Waals surface area (Å²) < 4.78 is 12.2. The molecule has 0 saturated carbocycles. The number of benzene rings is 1. The highest BCUT2D eigenvalue weighted by Crippen LogP contribution is 2.31. The highest BCUT2D eigenvalue weighted by molar-refractivity contribution is 6.31. The van der Waals surface area contributed by atoms with Gasteiger partial charge in [0, 0.05) is 17.6 Å². The van der Waals surface area contributed by atoms with Crippen molar-refractivity contribution >= 4 is 35.1 Å². The zero-order valence-electron chi connectivity index (χ0n) is 16.0. The Balaban J connectivity index is 1.54. The van der Waals surface area contributed by atoms with E-state index in [1.54, 1.807) is 44.3 Å². The number of fused-ring (bicyclic) bond motifs is 1. The van der Waals surface area contributed by atoms with Crippen LogP contribution in [0.25, 0.3) is 11.4 Å². The van der Waals surface area contributed by atoms with Gasteiger partial charge in [0.15, 0.2) is 18.1 Å². The molecule has 1 aliphatic heterocycles. The first kappa shape index (κ1) is 19.6. The smallest absolute Gasteiger partial charge is 0.413 e. The highest BCUT2D eigenvalue weighted by Gasteiger charge is 2.23. The van der Waals surface area contributed by atoms with Crippen molar-refractivity contribution in [2.45, 2.75) is 13.0 Å². The van der Waals surface area contributed by atoms with Gasteiger partial charge in [-0.2, -0.15) is 0 Å². The quantitative estimate of drug-likeness (QED) is 0.654. The van der Waals surface area contributed by atoms with E-state index in [4.69, 9.17) is 21.1 Å². The number of hydrogen-bond acceptors (Lipinski definition) is 7. The van der Waals surface area contributed by atoms with E-state index < -0.39 is 12.2 Å². The number of halogens is 1. The maximum Gasteiger partial charge on any atom is 0.413 e. The van der Waals surface area contributed by atoms with Gasteiger partial charge in [-0.05, 0) is 25.1 Å². The van der Waals surface area contributed by atoms with E-state index in [0.29, 0.717) is 33.5 Å². The van der Waals surface area contributed by atoms with Gasteiger partial charge in [0.1, 0.15) is 11.8 Å². The van der Waals surface area contributed by atoms with Crippen LogP contribution in [0.2, 0.25) is 5.02 Å². The van der Waals surface area contributed by atoms with Gasteiger partial charge in [-0.1, -0.05) is 35.0 Å². The lowest BCUT2D eigenvalue weighted by molar-refractivity contribution is -0.118. The third kappa shape index (κ3) is 3.90. The van der Waals surface area contributed by atoms with Crippen LogP contribution >= 0.6 is 11.6 Å². The van der Waals surface area contributed by atoms with Gasteiger partial charge in [-0.3, -0.25) is 10.1 Å². The van der Waals surface area contributed by atoms with E-state index in [-0.39, 0.29) is 18.4 Å². The van der Waals surface area contributed by atoms with Crippen molar-refractivity contribution in [3.63, 3.8) is 0 Å². The molecule has 0 aliphatic carbocycles. The number of anilines is 2. The molecule has 0 saturated heterocycles. The van der Waals surface area contributed by atoms with Gasteiger partial charge < -0.3 is 14.8 Å². The standard InChI is InChI=1S/C19H17ClN6O4/c1-10(11-5-3-4-6-12(11)20)30-19(28)23-17-16(24-25-26(17)2)13-7-8-14-18(22-13)29-9-15(27)21-14/h3-8,10H,9H2,1-2H3,(H,21,27)(H,23,28)/t10-/m1/s1. The van der Waals surface area contributed by atoms with Crippen molar-refractivity contribution in [2.24, 2.45) is 7.05 Å². The van der Waals surface area contributed by atoms with Crippen molar-refractivity contribution in [3.05, 3.63) is 47.0 Å². The number of aromatic nitrogens is 4. The minimum atomic E-state index is -0.699. The summed E-state index contributed by atoms with van der Waals surface area (Å²) in [5.74, 6) is 0.298. The number of nitrogens with one attached hydrogen (secondary N) is 2. The number of carbonyl (C=O) groups excluding carboxylic acids is 2. The summed E-state index contributed by atoms with van der Waals surface area (Å²) in [6.45, 7) is 1.60. The van der Waals surface area contributed by atoms with Gasteiger partial charge >= 0.3 is 6.09 Å². The largest absolute Gasteiger partial charge is 0.466 e. The Morgan fingerprint density at radius 2 is 2.13 bits per heavy atom. The summed E-state index contributed by atoms with van der Waals surface area (Å²) in [4.78, 5) is 28.2. The van der Waals surface area contributed by atoms with Crippen LogP contribution in [0.5, 0.6) is 5.88 Å². The monoisotopic (exact) mass is 428 g/mol. The minimum Gasteiger partial charge on any atom is -0.466 e. The average Bonchev–Trinajstić information content (AvgIpc) is 3.08. The summed E-state index contributed by atoms with van der Waals surface area (Å²) in [6.07, 6.45) is -1.27. The van der Waals surface area contributed by atoms with Crippen LogP contribution in [0.15, 0.2) is 36.4 Å². The zero-order valence-corrected chi connectivity index (χ0v) is 16.8. The molecule has 2 N–H and O–H groups in total. The summed E-state index contributed by atoms with van der Waals surface area (Å²) in [5, 5.41) is 13.8. The lowest BCUT2D eigenvalue weighted by atomic mass is 10.1. The predicted molar refractivity (Wildman–Crippen MR) is 108 cm³/mol. The van der Waals surface area contributed by atoms with Crippen molar-refractivity contribution in [3.8, 4) is 17.3 Å². The zero-order chi connectivity index (χ0) is 21.3. The summed E-state index contributed by atoms with van der Waals surface area (Å²) in [5.41, 5.74) is 1.88. The van der Waals surface area contributed by atoms with Crippen LogP contribution < -0.4 is 15.4 Å². The lowest BCUT2D eigenvalue weighted by Gasteiger charge is -2.17. The average molecular weight is 429 g/mol. The molecule has 30 heavy (non-hydrogen) atoms. The maximum atomic E-state index is 12.5. The molecule has 4 rings (SSSR count). The Bertz CT molecular complexity index is 1130. The topological polar surface area (TPSA) is 120 Å². The van der Waals surface area contributed by atoms with Gasteiger partial charge in [-0.25, -0.2) is 14.5 Å². The van der Waals surface area contributed by atoms with Crippen LogP contribution in [0.3, 0.4) is 0 Å². The molecule has 2 aromatic heterocycles. The molecule has 0 fully saturated rings. The Labute approximate surface area is 176 Å². The van der Waals surface area contributed by atoms with E-state index in [1.165, 1.54) is 4.68 Å². The Hall–Kier alpha value is -3.66. The summed E-state index contributed by atoms with van der Waals surface area (Å²) >= 11 is 6.16. The number of hydrogen-bond donors (Lipinski definition) is 2. The minimum absolute atomic E-state index is 0.124. The number of rotatable bonds is 4. The molecule has 0 bridgehead atoms. The van der Waals surface area contributed by atoms with E-state index in [2.05, 4.69) is 25.9 Å². The van der Waals surface area contributed by atoms with Crippen LogP contribution in [-0.2, 0) is 16.6 Å². The van der Waals surface area contributed by atoms with Gasteiger partial charge in [0.05, 0.1) is 5.69 Å². The molecule has 0 unspecified atom stereocenters.